The molecule has 1 aromatic heterocycles. The third-order valence-corrected chi connectivity index (χ3v) is 15.9. The summed E-state index contributed by atoms with van der Waals surface area (Å²) >= 11 is 0. The van der Waals surface area contributed by atoms with Gasteiger partial charge in [0.15, 0.2) is 14.1 Å². The van der Waals surface area contributed by atoms with Gasteiger partial charge in [0.2, 0.25) is 0 Å². The Bertz CT molecular complexity index is 971. The van der Waals surface area contributed by atoms with Crippen molar-refractivity contribution in [3.05, 3.63) is 24.3 Å². The molecule has 0 aromatic carbocycles. The first-order valence-corrected chi connectivity index (χ1v) is 17.4. The first kappa shape index (κ1) is 28.5. The topological polar surface area (TPSA) is 77.1 Å². The Kier molecular flexibility index (Phi) is 7.91. The summed E-state index contributed by atoms with van der Waals surface area (Å²) in [4.78, 5) is 16.4. The van der Waals surface area contributed by atoms with Crippen molar-refractivity contribution in [2.75, 3.05) is 6.61 Å². The number of aromatic nitrogens is 3. The molecule has 3 aliphatic rings. The van der Waals surface area contributed by atoms with Gasteiger partial charge in [0.05, 0.1) is 0 Å². The average molecular weight is 530 g/mol. The minimum Gasteiger partial charge on any atom is -0.463 e. The molecule has 0 radical (unpaired) electrons. The lowest BCUT2D eigenvalue weighted by molar-refractivity contribution is -0.155. The summed E-state index contributed by atoms with van der Waals surface area (Å²) in [7, 11) is -1.91. The van der Waals surface area contributed by atoms with Crippen LogP contribution in [-0.4, -0.2) is 42.2 Å². The maximum absolute atomic E-state index is 11.9. The molecule has 0 spiro atoms. The highest BCUT2D eigenvalue weighted by molar-refractivity contribution is 6.74. The van der Waals surface area contributed by atoms with E-state index in [0.717, 1.165) is 44.5 Å². The molecule has 7 atom stereocenters. The molecule has 0 amide bonds. The zero-order valence-corrected chi connectivity index (χ0v) is 25.7. The van der Waals surface area contributed by atoms with Crippen LogP contribution in [0.15, 0.2) is 18.5 Å². The van der Waals surface area contributed by atoms with E-state index in [1.807, 2.05) is 0 Å². The zero-order chi connectivity index (χ0) is 27.2. The summed E-state index contributed by atoms with van der Waals surface area (Å²) in [5.41, 5.74) is 1.78. The van der Waals surface area contributed by atoms with Crippen LogP contribution >= 0.6 is 0 Å². The van der Waals surface area contributed by atoms with Crippen molar-refractivity contribution >= 4 is 14.3 Å². The minimum atomic E-state index is -1.91. The quantitative estimate of drug-likeness (QED) is 0.231. The molecular weight excluding hydrogens is 478 g/mol. The van der Waals surface area contributed by atoms with E-state index < -0.39 is 8.32 Å². The molecule has 0 bridgehead atoms. The van der Waals surface area contributed by atoms with E-state index in [9.17, 15) is 4.79 Å². The Morgan fingerprint density at radius 2 is 1.92 bits per heavy atom. The second kappa shape index (κ2) is 10.3. The monoisotopic (exact) mass is 529 g/mol. The lowest BCUT2D eigenvalue weighted by atomic mass is 9.49. The summed E-state index contributed by atoms with van der Waals surface area (Å²) in [5.74, 6) is 2.80. The van der Waals surface area contributed by atoms with E-state index >= 15 is 0 Å². The van der Waals surface area contributed by atoms with Gasteiger partial charge >= 0.3 is 5.97 Å². The predicted molar refractivity (Wildman–Crippen MR) is 150 cm³/mol. The molecule has 6 nitrogen and oxygen atoms in total. The molecule has 1 N–H and O–H groups in total. The molecule has 3 fully saturated rings. The van der Waals surface area contributed by atoms with E-state index in [1.54, 1.807) is 6.33 Å². The molecule has 1 aromatic rings. The van der Waals surface area contributed by atoms with Crippen LogP contribution in [0.3, 0.4) is 0 Å². The molecule has 0 aliphatic heterocycles. The molecule has 3 aliphatic carbocycles. The smallest absolute Gasteiger partial charge is 0.302 e. The highest BCUT2D eigenvalue weighted by Gasteiger charge is 2.57. The predicted octanol–water partition coefficient (Wildman–Crippen LogP) is 7.11. The number of nitrogens with zero attached hydrogens (tertiary/aromatic N) is 2. The number of fused-ring (bicyclic) bond motifs is 1. The molecule has 3 saturated carbocycles. The Hall–Kier alpha value is -1.47. The van der Waals surface area contributed by atoms with Gasteiger partial charge in [-0.3, -0.25) is 9.89 Å². The lowest BCUT2D eigenvalue weighted by Crippen LogP contribution is -2.53. The number of carbonyl (C=O) groups excluding carboxylic acids is 1. The van der Waals surface area contributed by atoms with Crippen molar-refractivity contribution in [1.82, 2.24) is 15.2 Å². The number of carbonyl (C=O) groups is 1. The van der Waals surface area contributed by atoms with E-state index in [1.165, 1.54) is 31.8 Å². The summed E-state index contributed by atoms with van der Waals surface area (Å²) in [5, 5.41) is 7.60. The Balaban J connectivity index is 1.66. The highest BCUT2D eigenvalue weighted by atomic mass is 28.4. The van der Waals surface area contributed by atoms with Gasteiger partial charge in [0.1, 0.15) is 12.4 Å². The van der Waals surface area contributed by atoms with Gasteiger partial charge in [0, 0.05) is 20.0 Å². The Labute approximate surface area is 225 Å². The van der Waals surface area contributed by atoms with Crippen LogP contribution in [0.4, 0.5) is 0 Å². The fourth-order valence-corrected chi connectivity index (χ4v) is 8.89. The van der Waals surface area contributed by atoms with Gasteiger partial charge in [-0.1, -0.05) is 46.8 Å². The number of rotatable bonds is 7. The van der Waals surface area contributed by atoms with Crippen molar-refractivity contribution in [3.63, 3.8) is 0 Å². The summed E-state index contributed by atoms with van der Waals surface area (Å²) < 4.78 is 12.7. The largest absolute Gasteiger partial charge is 0.463 e. The molecule has 0 saturated heterocycles. The minimum absolute atomic E-state index is 0.00911. The second-order valence-corrected chi connectivity index (χ2v) is 19.2. The van der Waals surface area contributed by atoms with Crippen molar-refractivity contribution in [1.29, 1.82) is 0 Å². The molecule has 4 rings (SSSR count). The SMILES string of the molecule is C=C1CC[C@H]2[C@@H](Cc3nc[nH]n3)[C@@H]([C@@]3(C)CC[C@H](OC(C)=O)C[C@@H]3CO[Si](C)(C)C(C)(C)C)CC[C@]12C. The molecular formula is C30H51N3O3Si. The van der Waals surface area contributed by atoms with Crippen LogP contribution in [-0.2, 0) is 20.4 Å². The normalized spacial score (nSPS) is 36.9. The van der Waals surface area contributed by atoms with Crippen molar-refractivity contribution in [2.24, 2.45) is 34.5 Å². The maximum Gasteiger partial charge on any atom is 0.302 e. The van der Waals surface area contributed by atoms with Crippen molar-refractivity contribution in [2.45, 2.75) is 117 Å². The van der Waals surface area contributed by atoms with Crippen LogP contribution in [0.5, 0.6) is 0 Å². The van der Waals surface area contributed by atoms with Crippen molar-refractivity contribution < 1.29 is 14.0 Å². The molecule has 0 unspecified atom stereocenters. The number of hydrogen-bond acceptors (Lipinski definition) is 5. The van der Waals surface area contributed by atoms with E-state index in [0.29, 0.717) is 23.7 Å². The number of aromatic amines is 1. The molecule has 37 heavy (non-hydrogen) atoms. The third-order valence-electron chi connectivity index (χ3n) is 11.4. The lowest BCUT2D eigenvalue weighted by Gasteiger charge is -2.57. The van der Waals surface area contributed by atoms with Crippen molar-refractivity contribution in [3.8, 4) is 0 Å². The van der Waals surface area contributed by atoms with Gasteiger partial charge in [-0.2, -0.15) is 5.10 Å². The first-order chi connectivity index (χ1) is 17.2. The van der Waals surface area contributed by atoms with Crippen LogP contribution in [0.2, 0.25) is 18.1 Å². The number of nitrogens with one attached hydrogen (secondary N) is 1. The average Bonchev–Trinajstić information content (AvgIpc) is 3.41. The number of ether oxygens (including phenoxy) is 1. The van der Waals surface area contributed by atoms with Gasteiger partial charge in [-0.05, 0) is 97.6 Å². The summed E-state index contributed by atoms with van der Waals surface area (Å²) in [6, 6.07) is 0. The third kappa shape index (κ3) is 5.50. The van der Waals surface area contributed by atoms with E-state index in [-0.39, 0.29) is 27.9 Å². The maximum atomic E-state index is 11.9. The number of allylic oxidation sites excluding steroid dienone is 1. The van der Waals surface area contributed by atoms with Gasteiger partial charge < -0.3 is 9.16 Å². The number of hydrogen-bond donors (Lipinski definition) is 1. The summed E-state index contributed by atoms with van der Waals surface area (Å²) in [6.45, 7) is 23.4. The first-order valence-electron chi connectivity index (χ1n) is 14.5. The van der Waals surface area contributed by atoms with E-state index in [4.69, 9.17) is 9.16 Å². The van der Waals surface area contributed by atoms with Gasteiger partial charge in [-0.15, -0.1) is 0 Å². The standard InChI is InChI=1S/C30H51N3O3Si/c1-20-10-11-25-24(17-27-31-19-32-33-27)26(13-15-29(20,25)6)30(7)14-12-23(36-21(2)34)16-22(30)18-35-37(8,9)28(3,4)5/h19,22-26H,1,10-18H2,2-9H3,(H,31,32,33)/t22-,23+,24-,25+,26+,29-,30+/m1/s1. The molecule has 7 heteroatoms. The van der Waals surface area contributed by atoms with Gasteiger partial charge in [0.25, 0.3) is 0 Å². The Morgan fingerprint density at radius 1 is 1.19 bits per heavy atom. The highest BCUT2D eigenvalue weighted by Crippen LogP contribution is 2.64. The number of esters is 1. The zero-order valence-electron chi connectivity index (χ0n) is 24.7. The second-order valence-electron chi connectivity index (χ2n) is 14.4. The number of H-pyrrole nitrogens is 1. The van der Waals surface area contributed by atoms with Crippen LogP contribution in [0, 0.1) is 34.5 Å². The van der Waals surface area contributed by atoms with Crippen LogP contribution in [0.1, 0.15) is 92.3 Å². The molecule has 208 valence electrons. The van der Waals surface area contributed by atoms with Crippen LogP contribution in [0.25, 0.3) is 0 Å². The summed E-state index contributed by atoms with van der Waals surface area (Å²) in [6.07, 6.45) is 10.3. The fourth-order valence-electron chi connectivity index (χ4n) is 7.84. The Morgan fingerprint density at radius 3 is 2.54 bits per heavy atom. The van der Waals surface area contributed by atoms with Crippen LogP contribution < -0.4 is 0 Å². The van der Waals surface area contributed by atoms with E-state index in [2.05, 4.69) is 69.5 Å². The fraction of sp³-hybridized carbons (Fsp3) is 0.833. The molecule has 1 heterocycles. The van der Waals surface area contributed by atoms with Gasteiger partial charge in [-0.25, -0.2) is 4.98 Å².